The molecule has 0 amide bonds. The number of fused-ring (bicyclic) bond motifs is 1. The third kappa shape index (κ3) is 3.14. The molecular formula is C19H15ClN2O2. The molecule has 1 N–H and O–H groups in total. The molecule has 0 saturated heterocycles. The van der Waals surface area contributed by atoms with Gasteiger partial charge in [0.25, 0.3) is 5.56 Å². The van der Waals surface area contributed by atoms with Crippen molar-refractivity contribution in [1.29, 1.82) is 0 Å². The molecule has 24 heavy (non-hydrogen) atoms. The van der Waals surface area contributed by atoms with E-state index in [9.17, 15) is 9.59 Å². The third-order valence-electron chi connectivity index (χ3n) is 3.84. The van der Waals surface area contributed by atoms with Crippen molar-refractivity contribution in [3.8, 4) is 0 Å². The van der Waals surface area contributed by atoms with Crippen LogP contribution in [0.3, 0.4) is 0 Å². The Morgan fingerprint density at radius 2 is 1.92 bits per heavy atom. The lowest BCUT2D eigenvalue weighted by molar-refractivity contribution is 0.104. The highest BCUT2D eigenvalue weighted by Gasteiger charge is 2.15. The molecule has 4 nitrogen and oxygen atoms in total. The molecule has 0 atom stereocenters. The van der Waals surface area contributed by atoms with Gasteiger partial charge in [0.2, 0.25) is 0 Å². The maximum atomic E-state index is 12.5. The lowest BCUT2D eigenvalue weighted by atomic mass is 10.0. The maximum absolute atomic E-state index is 12.5. The van der Waals surface area contributed by atoms with E-state index in [-0.39, 0.29) is 11.3 Å². The molecule has 2 aromatic heterocycles. The first kappa shape index (κ1) is 16.1. The van der Waals surface area contributed by atoms with Crippen molar-refractivity contribution in [3.05, 3.63) is 80.2 Å². The molecule has 3 rings (SSSR count). The molecule has 0 unspecified atom stereocenters. The standard InChI is InChI=1S/C19H15ClN2O2/c1-11-3-5-13(6-4-11)7-8-16(23)17-12(2)15-9-14(20)10-21-18(15)22-19(17)24/h3-10H,1-2H3,(H,21,22,24)/b8-7+. The second-order valence-corrected chi connectivity index (χ2v) is 6.05. The minimum Gasteiger partial charge on any atom is -0.306 e. The summed E-state index contributed by atoms with van der Waals surface area (Å²) in [6, 6.07) is 9.45. The van der Waals surface area contributed by atoms with Gasteiger partial charge in [-0.2, -0.15) is 0 Å². The summed E-state index contributed by atoms with van der Waals surface area (Å²) in [4.78, 5) is 31.5. The van der Waals surface area contributed by atoms with E-state index in [2.05, 4.69) is 9.97 Å². The van der Waals surface area contributed by atoms with Crippen molar-refractivity contribution in [1.82, 2.24) is 9.97 Å². The van der Waals surface area contributed by atoms with E-state index >= 15 is 0 Å². The average Bonchev–Trinajstić information content (AvgIpc) is 2.55. The fourth-order valence-corrected chi connectivity index (χ4v) is 2.69. The predicted octanol–water partition coefficient (Wildman–Crippen LogP) is 4.09. The molecule has 120 valence electrons. The molecule has 0 saturated carbocycles. The Bertz CT molecular complexity index is 1020. The number of ketones is 1. The Labute approximate surface area is 143 Å². The van der Waals surface area contributed by atoms with E-state index in [4.69, 9.17) is 11.6 Å². The Balaban J connectivity index is 2.03. The number of H-pyrrole nitrogens is 1. The van der Waals surface area contributed by atoms with Gasteiger partial charge in [-0.25, -0.2) is 4.98 Å². The zero-order valence-corrected chi connectivity index (χ0v) is 14.0. The Morgan fingerprint density at radius 1 is 1.21 bits per heavy atom. The first-order valence-electron chi connectivity index (χ1n) is 7.43. The second kappa shape index (κ2) is 6.42. The quantitative estimate of drug-likeness (QED) is 0.578. The van der Waals surface area contributed by atoms with Gasteiger partial charge in [-0.15, -0.1) is 0 Å². The van der Waals surface area contributed by atoms with Crippen molar-refractivity contribution in [3.63, 3.8) is 0 Å². The Kier molecular flexibility index (Phi) is 4.32. The molecule has 0 aliphatic rings. The van der Waals surface area contributed by atoms with Gasteiger partial charge in [-0.05, 0) is 37.1 Å². The maximum Gasteiger partial charge on any atom is 0.261 e. The highest BCUT2D eigenvalue weighted by molar-refractivity contribution is 6.31. The summed E-state index contributed by atoms with van der Waals surface area (Å²) in [5.74, 6) is -0.351. The van der Waals surface area contributed by atoms with Crippen LogP contribution in [-0.4, -0.2) is 15.8 Å². The number of hydrogen-bond acceptors (Lipinski definition) is 3. The number of carbonyl (C=O) groups excluding carboxylic acids is 1. The van der Waals surface area contributed by atoms with Gasteiger partial charge < -0.3 is 4.98 Å². The summed E-state index contributed by atoms with van der Waals surface area (Å²) in [6.45, 7) is 3.72. The third-order valence-corrected chi connectivity index (χ3v) is 4.05. The van der Waals surface area contributed by atoms with Crippen molar-refractivity contribution >= 4 is 34.5 Å². The van der Waals surface area contributed by atoms with Gasteiger partial charge in [-0.1, -0.05) is 47.5 Å². The number of allylic oxidation sites excluding steroid dienone is 1. The van der Waals surface area contributed by atoms with Crippen LogP contribution in [0.1, 0.15) is 27.0 Å². The van der Waals surface area contributed by atoms with Crippen molar-refractivity contribution < 1.29 is 4.79 Å². The summed E-state index contributed by atoms with van der Waals surface area (Å²) in [5, 5.41) is 1.11. The van der Waals surface area contributed by atoms with Crippen LogP contribution in [0.2, 0.25) is 5.02 Å². The monoisotopic (exact) mass is 338 g/mol. The summed E-state index contributed by atoms with van der Waals surface area (Å²) >= 11 is 5.96. The van der Waals surface area contributed by atoms with Crippen LogP contribution in [0.5, 0.6) is 0 Å². The number of carbonyl (C=O) groups is 1. The number of aromatic nitrogens is 2. The minimum atomic E-state index is -0.451. The molecule has 2 heterocycles. The van der Waals surface area contributed by atoms with Crippen molar-refractivity contribution in [2.24, 2.45) is 0 Å². The van der Waals surface area contributed by atoms with Crippen LogP contribution in [-0.2, 0) is 0 Å². The molecular weight excluding hydrogens is 324 g/mol. The molecule has 3 aromatic rings. The molecule has 1 aromatic carbocycles. The fourth-order valence-electron chi connectivity index (χ4n) is 2.53. The SMILES string of the molecule is Cc1ccc(/C=C/C(=O)c2c(C)c3cc(Cl)cnc3[nH]c2=O)cc1. The number of benzene rings is 1. The number of halogens is 1. The van der Waals surface area contributed by atoms with Gasteiger partial charge in [0.15, 0.2) is 5.78 Å². The van der Waals surface area contributed by atoms with E-state index in [1.165, 1.54) is 12.3 Å². The number of aromatic amines is 1. The number of rotatable bonds is 3. The number of pyridine rings is 2. The Morgan fingerprint density at radius 3 is 2.62 bits per heavy atom. The number of nitrogens with zero attached hydrogens (tertiary/aromatic N) is 1. The van der Waals surface area contributed by atoms with E-state index in [1.54, 1.807) is 19.1 Å². The minimum absolute atomic E-state index is 0.106. The first-order valence-corrected chi connectivity index (χ1v) is 7.81. The average molecular weight is 339 g/mol. The number of nitrogens with one attached hydrogen (secondary N) is 1. The summed E-state index contributed by atoms with van der Waals surface area (Å²) < 4.78 is 0. The van der Waals surface area contributed by atoms with Gasteiger partial charge in [0.05, 0.1) is 10.6 Å². The first-order chi connectivity index (χ1) is 11.5. The number of aryl methyl sites for hydroxylation is 2. The zero-order chi connectivity index (χ0) is 17.3. The predicted molar refractivity (Wildman–Crippen MR) is 96.7 cm³/mol. The molecule has 0 bridgehead atoms. The topological polar surface area (TPSA) is 62.8 Å². The van der Waals surface area contributed by atoms with Gasteiger partial charge in [0, 0.05) is 11.6 Å². The van der Waals surface area contributed by atoms with E-state index < -0.39 is 5.56 Å². The molecule has 0 fully saturated rings. The lowest BCUT2D eigenvalue weighted by Crippen LogP contribution is -2.19. The zero-order valence-electron chi connectivity index (χ0n) is 13.3. The van der Waals surface area contributed by atoms with Gasteiger partial charge in [0.1, 0.15) is 5.65 Å². The van der Waals surface area contributed by atoms with E-state index in [0.29, 0.717) is 21.6 Å². The normalized spacial score (nSPS) is 11.3. The largest absolute Gasteiger partial charge is 0.306 e. The van der Waals surface area contributed by atoms with Crippen LogP contribution in [0.15, 0.2) is 47.4 Å². The highest BCUT2D eigenvalue weighted by atomic mass is 35.5. The summed E-state index contributed by atoms with van der Waals surface area (Å²) in [7, 11) is 0. The molecule has 0 aliphatic carbocycles. The molecule has 0 aliphatic heterocycles. The second-order valence-electron chi connectivity index (χ2n) is 5.61. The van der Waals surface area contributed by atoms with Gasteiger partial charge >= 0.3 is 0 Å². The highest BCUT2D eigenvalue weighted by Crippen LogP contribution is 2.20. The van der Waals surface area contributed by atoms with Gasteiger partial charge in [-0.3, -0.25) is 9.59 Å². The van der Waals surface area contributed by atoms with E-state index in [1.807, 2.05) is 31.2 Å². The molecule has 5 heteroatoms. The van der Waals surface area contributed by atoms with Crippen LogP contribution in [0.4, 0.5) is 0 Å². The van der Waals surface area contributed by atoms with Crippen molar-refractivity contribution in [2.45, 2.75) is 13.8 Å². The molecule has 0 spiro atoms. The summed E-state index contributed by atoms with van der Waals surface area (Å²) in [6.07, 6.45) is 4.56. The number of hydrogen-bond donors (Lipinski definition) is 1. The van der Waals surface area contributed by atoms with E-state index in [0.717, 1.165) is 11.1 Å². The fraction of sp³-hybridized carbons (Fsp3) is 0.105. The smallest absolute Gasteiger partial charge is 0.261 e. The molecule has 0 radical (unpaired) electrons. The van der Waals surface area contributed by atoms with Crippen LogP contribution < -0.4 is 5.56 Å². The van der Waals surface area contributed by atoms with Crippen molar-refractivity contribution in [2.75, 3.05) is 0 Å². The van der Waals surface area contributed by atoms with Crippen LogP contribution in [0, 0.1) is 13.8 Å². The summed E-state index contributed by atoms with van der Waals surface area (Å²) in [5.41, 5.74) is 2.68. The van der Waals surface area contributed by atoms with Crippen LogP contribution in [0.25, 0.3) is 17.1 Å². The van der Waals surface area contributed by atoms with Crippen LogP contribution >= 0.6 is 11.6 Å². The lowest BCUT2D eigenvalue weighted by Gasteiger charge is -2.06. The Hall–Kier alpha value is -2.72.